The van der Waals surface area contributed by atoms with E-state index in [2.05, 4.69) is 15.3 Å². The van der Waals surface area contributed by atoms with Gasteiger partial charge in [0.2, 0.25) is 5.88 Å². The van der Waals surface area contributed by atoms with Gasteiger partial charge < -0.3 is 20.6 Å². The highest BCUT2D eigenvalue weighted by Crippen LogP contribution is 2.37. The molecule has 134 valence electrons. The summed E-state index contributed by atoms with van der Waals surface area (Å²) in [6.45, 7) is 0. The quantitative estimate of drug-likeness (QED) is 0.638. The second-order valence-electron chi connectivity index (χ2n) is 5.72. The van der Waals surface area contributed by atoms with Crippen LogP contribution in [0.2, 0.25) is 0 Å². The van der Waals surface area contributed by atoms with Crippen LogP contribution in [-0.4, -0.2) is 27.4 Å². The van der Waals surface area contributed by atoms with E-state index in [1.165, 1.54) is 29.5 Å². The van der Waals surface area contributed by atoms with Gasteiger partial charge in [-0.15, -0.1) is 0 Å². The average molecular weight is 378 g/mol. The molecule has 0 atom stereocenters. The number of aromatic nitrogens is 1. The first-order valence-electron chi connectivity index (χ1n) is 7.87. The number of anilines is 2. The molecule has 0 amide bonds. The maximum atomic E-state index is 11.8. The number of carbonyl (C=O) groups is 1. The number of hydrogen-bond acceptors (Lipinski definition) is 7. The van der Waals surface area contributed by atoms with Gasteiger partial charge in [0.05, 0.1) is 16.1 Å². The molecule has 4 rings (SSSR count). The van der Waals surface area contributed by atoms with Crippen LogP contribution < -0.4 is 10.4 Å². The summed E-state index contributed by atoms with van der Waals surface area (Å²) >= 11 is 1.20. The summed E-state index contributed by atoms with van der Waals surface area (Å²) in [5.41, 5.74) is 2.80. The van der Waals surface area contributed by atoms with Crippen molar-refractivity contribution in [1.82, 2.24) is 4.98 Å². The predicted octanol–water partition coefficient (Wildman–Crippen LogP) is 3.62. The maximum Gasteiger partial charge on any atom is 0.335 e. The SMILES string of the molecule is O=C(O)c1ccc(Nc2nc(O)c(/C=C3\C=Nc4ccccc43)s2)cc1[O-]. The zero-order valence-electron chi connectivity index (χ0n) is 13.7. The van der Waals surface area contributed by atoms with Crippen LogP contribution in [0.25, 0.3) is 11.6 Å². The number of nitrogens with one attached hydrogen (secondary N) is 1. The zero-order chi connectivity index (χ0) is 19.0. The van der Waals surface area contributed by atoms with Gasteiger partial charge in [-0.3, -0.25) is 4.99 Å². The molecule has 7 nitrogen and oxygen atoms in total. The van der Waals surface area contributed by atoms with E-state index in [0.717, 1.165) is 16.8 Å². The van der Waals surface area contributed by atoms with Gasteiger partial charge in [-0.1, -0.05) is 35.3 Å². The number of fused-ring (bicyclic) bond motifs is 1. The summed E-state index contributed by atoms with van der Waals surface area (Å²) in [4.78, 5) is 19.8. The number of aromatic carboxylic acids is 1. The van der Waals surface area contributed by atoms with Crippen LogP contribution in [0.3, 0.4) is 0 Å². The van der Waals surface area contributed by atoms with E-state index in [-0.39, 0.29) is 11.4 Å². The normalized spacial score (nSPS) is 13.7. The molecule has 2 aromatic carbocycles. The second kappa shape index (κ2) is 6.58. The fraction of sp³-hybridized carbons (Fsp3) is 0. The van der Waals surface area contributed by atoms with Crippen molar-refractivity contribution < 1.29 is 20.1 Å². The molecule has 1 aliphatic rings. The number of carboxylic acid groups (broad SMARTS) is 1. The van der Waals surface area contributed by atoms with E-state index < -0.39 is 11.7 Å². The number of para-hydroxylation sites is 1. The van der Waals surface area contributed by atoms with Gasteiger partial charge in [0, 0.05) is 23.0 Å². The Balaban J connectivity index is 1.60. The molecule has 0 fully saturated rings. The van der Waals surface area contributed by atoms with Gasteiger partial charge in [0.1, 0.15) is 0 Å². The number of aromatic hydroxyl groups is 1. The predicted molar refractivity (Wildman–Crippen MR) is 102 cm³/mol. The highest BCUT2D eigenvalue weighted by atomic mass is 32.1. The van der Waals surface area contributed by atoms with Gasteiger partial charge >= 0.3 is 5.97 Å². The molecule has 1 aromatic heterocycles. The van der Waals surface area contributed by atoms with Crippen molar-refractivity contribution in [1.29, 1.82) is 0 Å². The number of rotatable bonds is 4. The van der Waals surface area contributed by atoms with E-state index in [1.807, 2.05) is 24.3 Å². The number of hydrogen-bond donors (Lipinski definition) is 3. The first-order valence-corrected chi connectivity index (χ1v) is 8.69. The number of nitrogens with zero attached hydrogens (tertiary/aromatic N) is 2. The Hall–Kier alpha value is -3.65. The zero-order valence-corrected chi connectivity index (χ0v) is 14.5. The van der Waals surface area contributed by atoms with Crippen LogP contribution in [-0.2, 0) is 0 Å². The minimum Gasteiger partial charge on any atom is -0.872 e. The van der Waals surface area contributed by atoms with E-state index in [0.29, 0.717) is 15.7 Å². The summed E-state index contributed by atoms with van der Waals surface area (Å²) in [5.74, 6) is -2.02. The van der Waals surface area contributed by atoms with Crippen LogP contribution in [0, 0.1) is 0 Å². The summed E-state index contributed by atoms with van der Waals surface area (Å²) in [6.07, 6.45) is 3.52. The van der Waals surface area contributed by atoms with Crippen LogP contribution in [0.5, 0.6) is 11.6 Å². The third kappa shape index (κ3) is 3.25. The standard InChI is InChI=1S/C19H13N3O4S/c23-15-8-11(5-6-13(15)18(25)26)21-19-22-17(24)16(27-19)7-10-9-20-14-4-2-1-3-12(10)14/h1-9,23-24H,(H,21,22)(H,25,26)/p-1/b10-7+. The molecular formula is C19H12N3O4S-. The van der Waals surface area contributed by atoms with Gasteiger partial charge in [-0.2, -0.15) is 4.98 Å². The molecule has 0 spiro atoms. The highest BCUT2D eigenvalue weighted by molar-refractivity contribution is 7.16. The van der Waals surface area contributed by atoms with Crippen molar-refractivity contribution >= 4 is 51.7 Å². The molecular weight excluding hydrogens is 366 g/mol. The minimum absolute atomic E-state index is 0.141. The third-order valence-electron chi connectivity index (χ3n) is 3.94. The molecule has 0 radical (unpaired) electrons. The fourth-order valence-corrected chi connectivity index (χ4v) is 3.50. The lowest BCUT2D eigenvalue weighted by Gasteiger charge is -2.12. The molecule has 0 saturated carbocycles. The molecule has 2 heterocycles. The first kappa shape index (κ1) is 16.8. The van der Waals surface area contributed by atoms with Gasteiger partial charge in [-0.05, 0) is 30.3 Å². The van der Waals surface area contributed by atoms with Gasteiger partial charge in [-0.25, -0.2) is 4.79 Å². The van der Waals surface area contributed by atoms with Crippen LogP contribution in [0.15, 0.2) is 47.5 Å². The Bertz CT molecular complexity index is 1120. The molecule has 27 heavy (non-hydrogen) atoms. The highest BCUT2D eigenvalue weighted by Gasteiger charge is 2.15. The van der Waals surface area contributed by atoms with Crippen molar-refractivity contribution in [3.63, 3.8) is 0 Å². The first-order chi connectivity index (χ1) is 13.0. The van der Waals surface area contributed by atoms with E-state index in [4.69, 9.17) is 5.11 Å². The summed E-state index contributed by atoms with van der Waals surface area (Å²) < 4.78 is 0. The summed E-state index contributed by atoms with van der Waals surface area (Å²) in [5, 5.41) is 34.1. The Labute approximate surface area is 157 Å². The molecule has 1 aliphatic heterocycles. The average Bonchev–Trinajstić information content (AvgIpc) is 3.19. The molecule has 0 unspecified atom stereocenters. The molecule has 0 aliphatic carbocycles. The third-order valence-corrected chi connectivity index (χ3v) is 4.85. The van der Waals surface area contributed by atoms with Crippen LogP contribution >= 0.6 is 11.3 Å². The molecule has 3 N–H and O–H groups in total. The molecule has 0 bridgehead atoms. The number of aliphatic imine (C=N–C) groups is 1. The lowest BCUT2D eigenvalue weighted by molar-refractivity contribution is -0.268. The van der Waals surface area contributed by atoms with E-state index in [1.54, 1.807) is 12.3 Å². The monoisotopic (exact) mass is 378 g/mol. The van der Waals surface area contributed by atoms with Crippen molar-refractivity contribution in [2.75, 3.05) is 5.32 Å². The Morgan fingerprint density at radius 2 is 2.04 bits per heavy atom. The second-order valence-corrected chi connectivity index (χ2v) is 6.75. The van der Waals surface area contributed by atoms with Crippen molar-refractivity contribution in [2.24, 2.45) is 4.99 Å². The molecule has 0 saturated heterocycles. The Morgan fingerprint density at radius 3 is 2.81 bits per heavy atom. The van der Waals surface area contributed by atoms with Gasteiger partial charge in [0.25, 0.3) is 0 Å². The largest absolute Gasteiger partial charge is 0.872 e. The summed E-state index contributed by atoms with van der Waals surface area (Å²) in [6, 6.07) is 11.6. The maximum absolute atomic E-state index is 11.8. The van der Waals surface area contributed by atoms with Crippen molar-refractivity contribution in [3.05, 3.63) is 58.5 Å². The lowest BCUT2D eigenvalue weighted by Crippen LogP contribution is -2.04. The number of benzene rings is 2. The molecule has 3 aromatic rings. The van der Waals surface area contributed by atoms with Gasteiger partial charge in [0.15, 0.2) is 5.13 Å². The number of carboxylic acids is 1. The van der Waals surface area contributed by atoms with Crippen LogP contribution in [0.4, 0.5) is 16.5 Å². The minimum atomic E-state index is -1.27. The molecule has 8 heteroatoms. The topological polar surface area (TPSA) is 118 Å². The van der Waals surface area contributed by atoms with Crippen LogP contribution in [0.1, 0.15) is 20.8 Å². The summed E-state index contributed by atoms with van der Waals surface area (Å²) in [7, 11) is 0. The van der Waals surface area contributed by atoms with E-state index in [9.17, 15) is 15.0 Å². The number of allylic oxidation sites excluding steroid dienone is 1. The van der Waals surface area contributed by atoms with E-state index >= 15 is 0 Å². The Kier molecular flexibility index (Phi) is 4.09. The number of thiazole rings is 1. The van der Waals surface area contributed by atoms with Crippen molar-refractivity contribution in [3.8, 4) is 11.6 Å². The lowest BCUT2D eigenvalue weighted by atomic mass is 10.1. The van der Waals surface area contributed by atoms with Crippen molar-refractivity contribution in [2.45, 2.75) is 0 Å². The smallest absolute Gasteiger partial charge is 0.335 e. The Morgan fingerprint density at radius 1 is 1.22 bits per heavy atom. The fourth-order valence-electron chi connectivity index (χ4n) is 2.67.